The fourth-order valence-electron chi connectivity index (χ4n) is 3.23. The fourth-order valence-corrected chi connectivity index (χ4v) is 3.23. The van der Waals surface area contributed by atoms with E-state index in [4.69, 9.17) is 0 Å². The van der Waals surface area contributed by atoms with Crippen LogP contribution in [-0.4, -0.2) is 41.3 Å². The molecule has 1 aromatic heterocycles. The van der Waals surface area contributed by atoms with Crippen LogP contribution in [0.5, 0.6) is 0 Å². The number of rotatable bonds is 5. The zero-order valence-corrected chi connectivity index (χ0v) is 14.5. The van der Waals surface area contributed by atoms with Gasteiger partial charge in [-0.15, -0.1) is 0 Å². The van der Waals surface area contributed by atoms with Crippen LogP contribution in [0.25, 0.3) is 0 Å². The molecule has 0 radical (unpaired) electrons. The van der Waals surface area contributed by atoms with Crippen molar-refractivity contribution in [3.8, 4) is 0 Å². The summed E-state index contributed by atoms with van der Waals surface area (Å²) in [6.45, 7) is 0.705. The number of anilines is 1. The molecule has 0 saturated carbocycles. The Balaban J connectivity index is 1.63. The number of nitrogens with zero attached hydrogens (tertiary/aromatic N) is 3. The van der Waals surface area contributed by atoms with Crippen molar-refractivity contribution in [2.24, 2.45) is 0 Å². The van der Waals surface area contributed by atoms with Crippen LogP contribution in [0.2, 0.25) is 0 Å². The molecule has 1 unspecified atom stereocenters. The Labute approximate surface area is 148 Å². The van der Waals surface area contributed by atoms with Gasteiger partial charge in [0.25, 0.3) is 0 Å². The van der Waals surface area contributed by atoms with E-state index in [0.717, 1.165) is 24.1 Å². The third kappa shape index (κ3) is 4.05. The maximum absolute atomic E-state index is 12.9. The molecule has 130 valence electrons. The van der Waals surface area contributed by atoms with Crippen molar-refractivity contribution in [2.45, 2.75) is 31.7 Å². The minimum atomic E-state index is -0.379. The van der Waals surface area contributed by atoms with Gasteiger partial charge in [0.2, 0.25) is 11.8 Å². The molecule has 1 saturated heterocycles. The second kappa shape index (κ2) is 7.92. The Morgan fingerprint density at radius 3 is 2.76 bits per heavy atom. The van der Waals surface area contributed by atoms with E-state index in [9.17, 15) is 9.59 Å². The molecule has 1 fully saturated rings. The Hall–Kier alpha value is -2.69. The molecular weight excluding hydrogens is 314 g/mol. The van der Waals surface area contributed by atoms with Crippen LogP contribution in [-0.2, 0) is 16.0 Å². The number of aryl methyl sites for hydroxylation is 1. The Kier molecular flexibility index (Phi) is 5.43. The summed E-state index contributed by atoms with van der Waals surface area (Å²) >= 11 is 0. The van der Waals surface area contributed by atoms with E-state index in [1.54, 1.807) is 29.2 Å². The number of aromatic nitrogens is 1. The number of benzene rings is 1. The van der Waals surface area contributed by atoms with Crippen LogP contribution in [0.1, 0.15) is 24.8 Å². The molecule has 25 heavy (non-hydrogen) atoms. The molecule has 5 nitrogen and oxygen atoms in total. The lowest BCUT2D eigenvalue weighted by atomic mass is 10.0. The van der Waals surface area contributed by atoms with E-state index < -0.39 is 0 Å². The summed E-state index contributed by atoms with van der Waals surface area (Å²) in [7, 11) is 1.74. The first kappa shape index (κ1) is 17.1. The summed E-state index contributed by atoms with van der Waals surface area (Å²) < 4.78 is 0. The average Bonchev–Trinajstić information content (AvgIpc) is 2.67. The number of likely N-dealkylation sites (N-methyl/N-ethyl adjacent to an activating group) is 1. The van der Waals surface area contributed by atoms with Crippen LogP contribution >= 0.6 is 0 Å². The van der Waals surface area contributed by atoms with Crippen LogP contribution < -0.4 is 4.90 Å². The van der Waals surface area contributed by atoms with E-state index in [2.05, 4.69) is 4.98 Å². The molecule has 0 N–H and O–H groups in total. The first-order valence-corrected chi connectivity index (χ1v) is 8.68. The lowest BCUT2D eigenvalue weighted by Gasteiger charge is -2.37. The molecule has 1 aromatic carbocycles. The van der Waals surface area contributed by atoms with E-state index in [0.29, 0.717) is 19.4 Å². The van der Waals surface area contributed by atoms with Gasteiger partial charge in [-0.3, -0.25) is 14.6 Å². The minimum absolute atomic E-state index is 0.00267. The summed E-state index contributed by atoms with van der Waals surface area (Å²) in [5.41, 5.74) is 1.93. The van der Waals surface area contributed by atoms with Crippen molar-refractivity contribution < 1.29 is 9.59 Å². The number of piperidine rings is 1. The molecule has 1 atom stereocenters. The normalized spacial score (nSPS) is 17.4. The molecule has 0 bridgehead atoms. The number of hydrogen-bond acceptors (Lipinski definition) is 3. The van der Waals surface area contributed by atoms with Crippen LogP contribution in [0.4, 0.5) is 5.69 Å². The topological polar surface area (TPSA) is 53.5 Å². The van der Waals surface area contributed by atoms with Gasteiger partial charge in [0.15, 0.2) is 0 Å². The zero-order valence-electron chi connectivity index (χ0n) is 14.5. The first-order valence-electron chi connectivity index (χ1n) is 8.68. The summed E-state index contributed by atoms with van der Waals surface area (Å²) in [5, 5.41) is 0. The van der Waals surface area contributed by atoms with Crippen molar-refractivity contribution in [2.75, 3.05) is 18.5 Å². The molecule has 5 heteroatoms. The van der Waals surface area contributed by atoms with Crippen molar-refractivity contribution in [1.29, 1.82) is 0 Å². The quantitative estimate of drug-likeness (QED) is 0.843. The highest BCUT2D eigenvalue weighted by Gasteiger charge is 2.34. The average molecular weight is 337 g/mol. The highest BCUT2D eigenvalue weighted by atomic mass is 16.2. The van der Waals surface area contributed by atoms with Gasteiger partial charge in [-0.2, -0.15) is 0 Å². The number of amides is 2. The lowest BCUT2D eigenvalue weighted by Crippen LogP contribution is -2.53. The molecule has 2 aromatic rings. The van der Waals surface area contributed by atoms with Gasteiger partial charge in [-0.1, -0.05) is 24.3 Å². The van der Waals surface area contributed by atoms with Gasteiger partial charge in [-0.25, -0.2) is 0 Å². The predicted octanol–water partition coefficient (Wildman–Crippen LogP) is 2.67. The van der Waals surface area contributed by atoms with Gasteiger partial charge < -0.3 is 9.80 Å². The van der Waals surface area contributed by atoms with Crippen molar-refractivity contribution >= 4 is 17.5 Å². The molecule has 2 heterocycles. The summed E-state index contributed by atoms with van der Waals surface area (Å²) in [5.74, 6) is 0.00629. The maximum Gasteiger partial charge on any atom is 0.249 e. The third-order valence-corrected chi connectivity index (χ3v) is 4.69. The summed E-state index contributed by atoms with van der Waals surface area (Å²) in [4.78, 5) is 32.9. The highest BCUT2D eigenvalue weighted by molar-refractivity contribution is 5.99. The zero-order chi connectivity index (χ0) is 17.6. The minimum Gasteiger partial charge on any atom is -0.334 e. The van der Waals surface area contributed by atoms with Gasteiger partial charge in [0.05, 0.1) is 0 Å². The van der Waals surface area contributed by atoms with E-state index in [-0.39, 0.29) is 17.9 Å². The fraction of sp³-hybridized carbons (Fsp3) is 0.350. The largest absolute Gasteiger partial charge is 0.334 e. The molecule has 1 aliphatic rings. The van der Waals surface area contributed by atoms with Crippen LogP contribution in [0.15, 0.2) is 54.9 Å². The number of carbonyl (C=O) groups is 2. The van der Waals surface area contributed by atoms with Gasteiger partial charge in [-0.05, 0) is 43.0 Å². The van der Waals surface area contributed by atoms with Crippen molar-refractivity contribution in [3.63, 3.8) is 0 Å². The number of para-hydroxylation sites is 1. The first-order chi connectivity index (χ1) is 12.2. The number of hydrogen-bond donors (Lipinski definition) is 0. The molecule has 3 rings (SSSR count). The lowest BCUT2D eigenvalue weighted by molar-refractivity contribution is -0.138. The molecule has 1 aliphatic heterocycles. The SMILES string of the molecule is CN(C(=O)CCc1cccnc1)C1CCCN(c2ccccc2)C1=O. The highest BCUT2D eigenvalue weighted by Crippen LogP contribution is 2.23. The third-order valence-electron chi connectivity index (χ3n) is 4.69. The smallest absolute Gasteiger partial charge is 0.249 e. The van der Waals surface area contributed by atoms with E-state index in [1.807, 2.05) is 42.5 Å². The van der Waals surface area contributed by atoms with Crippen molar-refractivity contribution in [3.05, 3.63) is 60.4 Å². The second-order valence-corrected chi connectivity index (χ2v) is 6.35. The Bertz CT molecular complexity index is 718. The molecule has 0 aliphatic carbocycles. The van der Waals surface area contributed by atoms with Crippen LogP contribution in [0.3, 0.4) is 0 Å². The maximum atomic E-state index is 12.9. The Morgan fingerprint density at radius 1 is 1.24 bits per heavy atom. The van der Waals surface area contributed by atoms with Crippen molar-refractivity contribution in [1.82, 2.24) is 9.88 Å². The van der Waals surface area contributed by atoms with E-state index >= 15 is 0 Å². The number of pyridine rings is 1. The molecule has 0 spiro atoms. The molecule has 2 amide bonds. The monoisotopic (exact) mass is 337 g/mol. The Morgan fingerprint density at radius 2 is 2.04 bits per heavy atom. The van der Waals surface area contributed by atoms with Gasteiger partial charge in [0.1, 0.15) is 6.04 Å². The van der Waals surface area contributed by atoms with Crippen LogP contribution in [0, 0.1) is 0 Å². The number of carbonyl (C=O) groups excluding carboxylic acids is 2. The predicted molar refractivity (Wildman–Crippen MR) is 97.1 cm³/mol. The summed E-state index contributed by atoms with van der Waals surface area (Å²) in [6, 6.07) is 13.1. The second-order valence-electron chi connectivity index (χ2n) is 6.35. The van der Waals surface area contributed by atoms with Gasteiger partial charge >= 0.3 is 0 Å². The standard InChI is InChI=1S/C20H23N3O2/c1-22(19(24)12-11-16-7-5-13-21-15-16)18-10-6-14-23(20(18)25)17-8-3-2-4-9-17/h2-5,7-9,13,15,18H,6,10-12,14H2,1H3. The summed E-state index contributed by atoms with van der Waals surface area (Å²) in [6.07, 6.45) is 6.13. The van der Waals surface area contributed by atoms with E-state index in [1.165, 1.54) is 0 Å². The molecular formula is C20H23N3O2. The van der Waals surface area contributed by atoms with Gasteiger partial charge in [0, 0.05) is 38.1 Å².